The van der Waals surface area contributed by atoms with Crippen LogP contribution in [0.3, 0.4) is 0 Å². The molecule has 4 heterocycles. The number of furan rings is 1. The third-order valence-corrected chi connectivity index (χ3v) is 6.48. The molecule has 1 aliphatic heterocycles. The molecule has 3 aromatic heterocycles. The van der Waals surface area contributed by atoms with Gasteiger partial charge in [0.2, 0.25) is 11.8 Å². The Morgan fingerprint density at radius 1 is 1.03 bits per heavy atom. The fourth-order valence-corrected chi connectivity index (χ4v) is 4.68. The van der Waals surface area contributed by atoms with Crippen molar-refractivity contribution >= 4 is 28.4 Å². The van der Waals surface area contributed by atoms with E-state index in [9.17, 15) is 4.79 Å². The van der Waals surface area contributed by atoms with E-state index in [0.717, 1.165) is 28.2 Å². The van der Waals surface area contributed by atoms with E-state index in [-0.39, 0.29) is 11.9 Å². The van der Waals surface area contributed by atoms with Crippen LogP contribution in [-0.2, 0) is 0 Å². The first kappa shape index (κ1) is 21.2. The summed E-state index contributed by atoms with van der Waals surface area (Å²) in [5.74, 6) is 2.70. The van der Waals surface area contributed by atoms with Gasteiger partial charge >= 0.3 is 0 Å². The standard InChI is InChI=1S/C26H24N6O3/c1-17-16-30(13-14-31(17)25(33)18-9-11-19(34-2)12-10-18)26-27-21-7-4-3-6-20(21)23-28-29-24(32(23)26)22-8-5-15-35-22/h3-12,15,17H,13-14,16H2,1-2H3. The number of nitrogens with zero attached hydrogens (tertiary/aromatic N) is 6. The third kappa shape index (κ3) is 3.56. The summed E-state index contributed by atoms with van der Waals surface area (Å²) >= 11 is 0. The number of amides is 1. The van der Waals surface area contributed by atoms with Crippen molar-refractivity contribution in [2.24, 2.45) is 0 Å². The van der Waals surface area contributed by atoms with Gasteiger partial charge < -0.3 is 19.0 Å². The molecule has 176 valence electrons. The lowest BCUT2D eigenvalue weighted by Crippen LogP contribution is -2.54. The first-order chi connectivity index (χ1) is 17.1. The second-order valence-electron chi connectivity index (χ2n) is 8.61. The quantitative estimate of drug-likeness (QED) is 0.395. The summed E-state index contributed by atoms with van der Waals surface area (Å²) in [6, 6.07) is 18.8. The van der Waals surface area contributed by atoms with Crippen LogP contribution in [0, 0.1) is 0 Å². The molecule has 0 radical (unpaired) electrons. The number of aromatic nitrogens is 4. The smallest absolute Gasteiger partial charge is 0.254 e. The van der Waals surface area contributed by atoms with Crippen LogP contribution in [0.15, 0.2) is 71.3 Å². The average molecular weight is 469 g/mol. The summed E-state index contributed by atoms with van der Waals surface area (Å²) in [5, 5.41) is 9.84. The Balaban J connectivity index is 1.36. The first-order valence-corrected chi connectivity index (χ1v) is 11.5. The monoisotopic (exact) mass is 468 g/mol. The van der Waals surface area contributed by atoms with Gasteiger partial charge in [-0.3, -0.25) is 4.79 Å². The molecule has 5 aromatic rings. The molecule has 2 aromatic carbocycles. The van der Waals surface area contributed by atoms with Crippen LogP contribution >= 0.6 is 0 Å². The maximum Gasteiger partial charge on any atom is 0.254 e. The number of carbonyl (C=O) groups excluding carboxylic acids is 1. The highest BCUT2D eigenvalue weighted by Gasteiger charge is 2.31. The highest BCUT2D eigenvalue weighted by molar-refractivity contribution is 5.95. The van der Waals surface area contributed by atoms with Gasteiger partial charge in [0.05, 0.1) is 18.9 Å². The van der Waals surface area contributed by atoms with Gasteiger partial charge in [0, 0.05) is 36.6 Å². The highest BCUT2D eigenvalue weighted by atomic mass is 16.5. The molecule has 9 nitrogen and oxygen atoms in total. The summed E-state index contributed by atoms with van der Waals surface area (Å²) in [6.45, 7) is 3.88. The Labute approximate surface area is 201 Å². The van der Waals surface area contributed by atoms with E-state index in [0.29, 0.717) is 36.8 Å². The second-order valence-corrected chi connectivity index (χ2v) is 8.61. The number of anilines is 1. The van der Waals surface area contributed by atoms with Crippen molar-refractivity contribution in [3.8, 4) is 17.3 Å². The third-order valence-electron chi connectivity index (χ3n) is 6.48. The van der Waals surface area contributed by atoms with E-state index in [1.54, 1.807) is 13.4 Å². The number of ether oxygens (including phenoxy) is 1. The summed E-state index contributed by atoms with van der Waals surface area (Å²) in [4.78, 5) is 22.3. The van der Waals surface area contributed by atoms with Gasteiger partial charge in [-0.2, -0.15) is 0 Å². The summed E-state index contributed by atoms with van der Waals surface area (Å²) in [6.07, 6.45) is 1.62. The van der Waals surface area contributed by atoms with Gasteiger partial charge in [-0.15, -0.1) is 10.2 Å². The van der Waals surface area contributed by atoms with Crippen LogP contribution in [0.4, 0.5) is 5.95 Å². The van der Waals surface area contributed by atoms with Crippen molar-refractivity contribution in [2.75, 3.05) is 31.6 Å². The highest BCUT2D eigenvalue weighted by Crippen LogP contribution is 2.30. The lowest BCUT2D eigenvalue weighted by Gasteiger charge is -2.40. The summed E-state index contributed by atoms with van der Waals surface area (Å²) < 4.78 is 12.8. The van der Waals surface area contributed by atoms with Crippen LogP contribution in [0.1, 0.15) is 17.3 Å². The number of hydrogen-bond acceptors (Lipinski definition) is 7. The van der Waals surface area contributed by atoms with E-state index < -0.39 is 0 Å². The van der Waals surface area contributed by atoms with Gasteiger partial charge in [-0.25, -0.2) is 9.38 Å². The van der Waals surface area contributed by atoms with Crippen LogP contribution in [-0.4, -0.2) is 63.2 Å². The minimum absolute atomic E-state index is 0.0111. The zero-order valence-corrected chi connectivity index (χ0v) is 19.5. The van der Waals surface area contributed by atoms with Crippen molar-refractivity contribution in [3.05, 3.63) is 72.5 Å². The Bertz CT molecular complexity index is 1510. The maximum absolute atomic E-state index is 13.2. The molecule has 0 spiro atoms. The molecule has 1 aliphatic rings. The number of fused-ring (bicyclic) bond motifs is 3. The number of para-hydroxylation sites is 1. The molecular formula is C26H24N6O3. The van der Waals surface area contributed by atoms with E-state index in [1.807, 2.05) is 70.0 Å². The van der Waals surface area contributed by atoms with Crippen molar-refractivity contribution in [2.45, 2.75) is 13.0 Å². The minimum Gasteiger partial charge on any atom is -0.497 e. The molecule has 9 heteroatoms. The number of benzene rings is 2. The molecule has 35 heavy (non-hydrogen) atoms. The van der Waals surface area contributed by atoms with Crippen LogP contribution in [0.5, 0.6) is 5.75 Å². The number of methoxy groups -OCH3 is 1. The van der Waals surface area contributed by atoms with Crippen molar-refractivity contribution in [3.63, 3.8) is 0 Å². The molecule has 0 saturated carbocycles. The van der Waals surface area contributed by atoms with Crippen molar-refractivity contribution < 1.29 is 13.9 Å². The largest absolute Gasteiger partial charge is 0.497 e. The average Bonchev–Trinajstić information content (AvgIpc) is 3.58. The molecule has 0 aliphatic carbocycles. The van der Waals surface area contributed by atoms with Gasteiger partial charge in [0.25, 0.3) is 5.91 Å². The molecule has 1 fully saturated rings. The van der Waals surface area contributed by atoms with E-state index in [4.69, 9.17) is 14.1 Å². The predicted octanol–water partition coefficient (Wildman–Crippen LogP) is 3.90. The van der Waals surface area contributed by atoms with Gasteiger partial charge in [-0.05, 0) is 55.5 Å². The molecule has 1 saturated heterocycles. The Morgan fingerprint density at radius 2 is 1.86 bits per heavy atom. The van der Waals surface area contributed by atoms with Crippen molar-refractivity contribution in [1.82, 2.24) is 24.5 Å². The number of piperazine rings is 1. The van der Waals surface area contributed by atoms with E-state index >= 15 is 0 Å². The molecular weight excluding hydrogens is 444 g/mol. The van der Waals surface area contributed by atoms with Crippen LogP contribution < -0.4 is 9.64 Å². The predicted molar refractivity (Wildman–Crippen MR) is 132 cm³/mol. The Morgan fingerprint density at radius 3 is 2.60 bits per heavy atom. The molecule has 1 atom stereocenters. The fraction of sp³-hybridized carbons (Fsp3) is 0.231. The molecule has 1 unspecified atom stereocenters. The lowest BCUT2D eigenvalue weighted by atomic mass is 10.1. The SMILES string of the molecule is COc1ccc(C(=O)N2CCN(c3nc4ccccc4c4nnc(-c5ccco5)n34)CC2C)cc1. The van der Waals surface area contributed by atoms with Crippen molar-refractivity contribution in [1.29, 1.82) is 0 Å². The van der Waals surface area contributed by atoms with Gasteiger partial charge in [0.1, 0.15) is 5.75 Å². The second kappa shape index (κ2) is 8.43. The van der Waals surface area contributed by atoms with Gasteiger partial charge in [0.15, 0.2) is 11.4 Å². The number of rotatable bonds is 4. The molecule has 0 N–H and O–H groups in total. The number of hydrogen-bond donors (Lipinski definition) is 0. The topological polar surface area (TPSA) is 89.0 Å². The fourth-order valence-electron chi connectivity index (χ4n) is 4.68. The first-order valence-electron chi connectivity index (χ1n) is 11.5. The normalized spacial score (nSPS) is 16.2. The lowest BCUT2D eigenvalue weighted by molar-refractivity contribution is 0.0673. The van der Waals surface area contributed by atoms with Gasteiger partial charge in [-0.1, -0.05) is 12.1 Å². The summed E-state index contributed by atoms with van der Waals surface area (Å²) in [5.41, 5.74) is 2.22. The molecule has 1 amide bonds. The molecule has 6 rings (SSSR count). The Hall–Kier alpha value is -4.40. The number of carbonyl (C=O) groups is 1. The zero-order valence-electron chi connectivity index (χ0n) is 19.5. The minimum atomic E-state index is -0.0229. The van der Waals surface area contributed by atoms with Crippen LogP contribution in [0.25, 0.3) is 28.1 Å². The Kier molecular flexibility index (Phi) is 5.09. The van der Waals surface area contributed by atoms with Crippen LogP contribution in [0.2, 0.25) is 0 Å². The zero-order chi connectivity index (χ0) is 23.9. The van der Waals surface area contributed by atoms with E-state index in [1.165, 1.54) is 0 Å². The van der Waals surface area contributed by atoms with E-state index in [2.05, 4.69) is 22.0 Å². The maximum atomic E-state index is 13.2. The molecule has 0 bridgehead atoms. The summed E-state index contributed by atoms with van der Waals surface area (Å²) in [7, 11) is 1.61.